The molecule has 2 aromatic rings. The first-order chi connectivity index (χ1) is 9.16. The average molecular weight is 252 g/mol. The fourth-order valence-electron chi connectivity index (χ4n) is 1.64. The van der Waals surface area contributed by atoms with Crippen molar-refractivity contribution in [2.45, 2.75) is 0 Å². The molecule has 0 bridgehead atoms. The second-order valence-corrected chi connectivity index (χ2v) is 3.97. The molecule has 19 heavy (non-hydrogen) atoms. The van der Waals surface area contributed by atoms with Crippen LogP contribution in [0.2, 0.25) is 0 Å². The maximum atomic E-state index is 10.7. The van der Waals surface area contributed by atoms with Gasteiger partial charge in [-0.1, -0.05) is 48.5 Å². The minimum Gasteiger partial charge on any atom is -0.300 e. The van der Waals surface area contributed by atoms with Crippen molar-refractivity contribution in [1.29, 1.82) is 5.41 Å². The maximum Gasteiger partial charge on any atom is 0.270 e. The number of rotatable bonds is 4. The van der Waals surface area contributed by atoms with Crippen molar-refractivity contribution in [3.05, 3.63) is 81.9 Å². The lowest BCUT2D eigenvalue weighted by Gasteiger charge is -1.98. The second kappa shape index (κ2) is 5.73. The van der Waals surface area contributed by atoms with E-state index in [9.17, 15) is 10.1 Å². The van der Waals surface area contributed by atoms with Crippen LogP contribution in [0.15, 0.2) is 60.7 Å². The number of nitro groups is 1. The molecule has 4 heteroatoms. The Morgan fingerprint density at radius 1 is 1.11 bits per heavy atom. The van der Waals surface area contributed by atoms with Crippen molar-refractivity contribution in [3.8, 4) is 0 Å². The summed E-state index contributed by atoms with van der Waals surface area (Å²) in [5.74, 6) is 0. The molecule has 0 spiro atoms. The molecule has 0 saturated heterocycles. The third kappa shape index (κ3) is 3.35. The van der Waals surface area contributed by atoms with Gasteiger partial charge >= 0.3 is 0 Å². The lowest BCUT2D eigenvalue weighted by molar-refractivity contribution is -0.384. The molecule has 0 aliphatic carbocycles. The van der Waals surface area contributed by atoms with Crippen LogP contribution in [0.3, 0.4) is 0 Å². The van der Waals surface area contributed by atoms with Crippen molar-refractivity contribution in [1.82, 2.24) is 0 Å². The fourth-order valence-corrected chi connectivity index (χ4v) is 1.64. The summed E-state index contributed by atoms with van der Waals surface area (Å²) in [6.07, 6.45) is 3.33. The Labute approximate surface area is 110 Å². The number of hydrogen-bond acceptors (Lipinski definition) is 3. The Morgan fingerprint density at radius 2 is 1.84 bits per heavy atom. The number of nitrogens with one attached hydrogen (secondary N) is 1. The van der Waals surface area contributed by atoms with E-state index in [4.69, 9.17) is 5.41 Å². The predicted octanol–water partition coefficient (Wildman–Crippen LogP) is 3.68. The molecule has 2 rings (SSSR count). The summed E-state index contributed by atoms with van der Waals surface area (Å²) in [4.78, 5) is 10.2. The van der Waals surface area contributed by atoms with Crippen LogP contribution in [0.5, 0.6) is 0 Å². The third-order valence-electron chi connectivity index (χ3n) is 2.61. The first-order valence-electron chi connectivity index (χ1n) is 5.73. The van der Waals surface area contributed by atoms with Crippen molar-refractivity contribution in [2.24, 2.45) is 0 Å². The van der Waals surface area contributed by atoms with E-state index >= 15 is 0 Å². The van der Waals surface area contributed by atoms with Gasteiger partial charge < -0.3 is 5.41 Å². The Kier molecular flexibility index (Phi) is 3.83. The topological polar surface area (TPSA) is 67.0 Å². The van der Waals surface area contributed by atoms with E-state index in [1.54, 1.807) is 24.3 Å². The number of nitro benzene ring substituents is 1. The highest BCUT2D eigenvalue weighted by molar-refractivity contribution is 6.08. The Hall–Kier alpha value is -2.75. The van der Waals surface area contributed by atoms with Crippen LogP contribution in [0, 0.1) is 15.5 Å². The van der Waals surface area contributed by atoms with Gasteiger partial charge in [0, 0.05) is 12.1 Å². The van der Waals surface area contributed by atoms with E-state index < -0.39 is 4.92 Å². The zero-order valence-electron chi connectivity index (χ0n) is 10.1. The average Bonchev–Trinajstić information content (AvgIpc) is 2.46. The molecule has 0 aliphatic rings. The summed E-state index contributed by atoms with van der Waals surface area (Å²) in [6, 6.07) is 15.6. The summed E-state index contributed by atoms with van der Waals surface area (Å²) in [6.45, 7) is 0. The highest BCUT2D eigenvalue weighted by atomic mass is 16.6. The summed E-state index contributed by atoms with van der Waals surface area (Å²) in [5, 5.41) is 18.5. The summed E-state index contributed by atoms with van der Waals surface area (Å²) in [7, 11) is 0. The van der Waals surface area contributed by atoms with Gasteiger partial charge in [-0.05, 0) is 17.2 Å². The smallest absolute Gasteiger partial charge is 0.270 e. The monoisotopic (exact) mass is 252 g/mol. The highest BCUT2D eigenvalue weighted by Gasteiger charge is 2.03. The molecule has 0 amide bonds. The molecule has 0 unspecified atom stereocenters. The molecule has 4 nitrogen and oxygen atoms in total. The zero-order valence-corrected chi connectivity index (χ0v) is 10.1. The maximum absolute atomic E-state index is 10.7. The van der Waals surface area contributed by atoms with Crippen molar-refractivity contribution in [3.63, 3.8) is 0 Å². The molecule has 94 valence electrons. The van der Waals surface area contributed by atoms with Gasteiger partial charge in [-0.2, -0.15) is 0 Å². The molecule has 1 N–H and O–H groups in total. The number of nitrogens with zero attached hydrogens (tertiary/aromatic N) is 1. The standard InChI is InChI=1S/C15H12N2O2/c16-15(13-6-2-1-3-7-13)10-9-12-5-4-8-14(11-12)17(18)19/h1-11,16H/b10-9+,16-15?. The molecule has 0 heterocycles. The largest absolute Gasteiger partial charge is 0.300 e. The molecule has 0 aliphatic heterocycles. The van der Waals surface area contributed by atoms with Gasteiger partial charge in [0.25, 0.3) is 5.69 Å². The molecule has 2 aromatic carbocycles. The number of benzene rings is 2. The molecular weight excluding hydrogens is 240 g/mol. The zero-order chi connectivity index (χ0) is 13.7. The van der Waals surface area contributed by atoms with E-state index in [2.05, 4.69) is 0 Å². The Balaban J connectivity index is 2.17. The Morgan fingerprint density at radius 3 is 2.53 bits per heavy atom. The van der Waals surface area contributed by atoms with Crippen molar-refractivity contribution < 1.29 is 4.92 Å². The number of allylic oxidation sites excluding steroid dienone is 1. The van der Waals surface area contributed by atoms with Crippen LogP contribution < -0.4 is 0 Å². The van der Waals surface area contributed by atoms with Crippen molar-refractivity contribution >= 4 is 17.5 Å². The first kappa shape index (κ1) is 12.7. The predicted molar refractivity (Wildman–Crippen MR) is 75.4 cm³/mol. The molecular formula is C15H12N2O2. The quantitative estimate of drug-likeness (QED) is 0.512. The highest BCUT2D eigenvalue weighted by Crippen LogP contribution is 2.14. The van der Waals surface area contributed by atoms with Gasteiger partial charge in [-0.3, -0.25) is 10.1 Å². The summed E-state index contributed by atoms with van der Waals surface area (Å²) < 4.78 is 0. The van der Waals surface area contributed by atoms with Crippen LogP contribution in [0.4, 0.5) is 5.69 Å². The molecule has 0 saturated carbocycles. The van der Waals surface area contributed by atoms with Gasteiger partial charge in [-0.25, -0.2) is 0 Å². The number of hydrogen-bond donors (Lipinski definition) is 1. The van der Waals surface area contributed by atoms with E-state index in [1.165, 1.54) is 12.1 Å². The van der Waals surface area contributed by atoms with E-state index in [1.807, 2.05) is 30.3 Å². The molecule has 0 fully saturated rings. The lowest BCUT2D eigenvalue weighted by Crippen LogP contribution is -1.93. The molecule has 0 radical (unpaired) electrons. The second-order valence-electron chi connectivity index (χ2n) is 3.97. The van der Waals surface area contributed by atoms with Gasteiger partial charge in [-0.15, -0.1) is 0 Å². The fraction of sp³-hybridized carbons (Fsp3) is 0. The summed E-state index contributed by atoms with van der Waals surface area (Å²) in [5.41, 5.74) is 1.93. The van der Waals surface area contributed by atoms with Gasteiger partial charge in [0.05, 0.1) is 10.6 Å². The van der Waals surface area contributed by atoms with Crippen LogP contribution >= 0.6 is 0 Å². The first-order valence-corrected chi connectivity index (χ1v) is 5.73. The molecule has 0 aromatic heterocycles. The summed E-state index contributed by atoms with van der Waals surface area (Å²) >= 11 is 0. The van der Waals surface area contributed by atoms with Gasteiger partial charge in [0.1, 0.15) is 0 Å². The van der Waals surface area contributed by atoms with Gasteiger partial charge in [0.15, 0.2) is 0 Å². The van der Waals surface area contributed by atoms with Crippen molar-refractivity contribution in [2.75, 3.05) is 0 Å². The third-order valence-corrected chi connectivity index (χ3v) is 2.61. The van der Waals surface area contributed by atoms with Crippen LogP contribution in [0.1, 0.15) is 11.1 Å². The SMILES string of the molecule is N=C(/C=C/c1cccc([N+](=O)[O-])c1)c1ccccc1. The minimum absolute atomic E-state index is 0.0494. The van der Waals surface area contributed by atoms with E-state index in [0.717, 1.165) is 5.56 Å². The lowest BCUT2D eigenvalue weighted by atomic mass is 10.1. The van der Waals surface area contributed by atoms with E-state index in [0.29, 0.717) is 11.3 Å². The normalized spacial score (nSPS) is 10.5. The molecule has 0 atom stereocenters. The number of non-ortho nitro benzene ring substituents is 1. The van der Waals surface area contributed by atoms with Crippen LogP contribution in [-0.2, 0) is 0 Å². The van der Waals surface area contributed by atoms with E-state index in [-0.39, 0.29) is 5.69 Å². The van der Waals surface area contributed by atoms with Gasteiger partial charge in [0.2, 0.25) is 0 Å². The Bertz CT molecular complexity index is 634. The van der Waals surface area contributed by atoms with Crippen LogP contribution in [0.25, 0.3) is 6.08 Å². The minimum atomic E-state index is -0.431. The van der Waals surface area contributed by atoms with Crippen LogP contribution in [-0.4, -0.2) is 10.6 Å².